The number of carbonyl (C=O) groups is 1. The summed E-state index contributed by atoms with van der Waals surface area (Å²) in [5.74, 6) is 0.0125. The third-order valence-corrected chi connectivity index (χ3v) is 4.87. The highest BCUT2D eigenvalue weighted by Gasteiger charge is 2.36. The maximum atomic E-state index is 12.8. The zero-order valence-electron chi connectivity index (χ0n) is 15.7. The maximum absolute atomic E-state index is 12.8. The van der Waals surface area contributed by atoms with Crippen LogP contribution >= 0.6 is 15.9 Å². The van der Waals surface area contributed by atoms with Crippen molar-refractivity contribution in [3.63, 3.8) is 0 Å². The fraction of sp³-hybridized carbons (Fsp3) is 0.318. The van der Waals surface area contributed by atoms with Gasteiger partial charge in [-0.1, -0.05) is 64.5 Å². The van der Waals surface area contributed by atoms with Crippen molar-refractivity contribution in [3.8, 4) is 0 Å². The Morgan fingerprint density at radius 3 is 2.33 bits per heavy atom. The smallest absolute Gasteiger partial charge is 0.416 e. The lowest BCUT2D eigenvalue weighted by Crippen LogP contribution is -2.44. The normalized spacial score (nSPS) is 20.2. The molecule has 1 aliphatic heterocycles. The summed E-state index contributed by atoms with van der Waals surface area (Å²) in [6, 6.07) is 17.7. The Bertz CT molecular complexity index is 825. The van der Waals surface area contributed by atoms with Gasteiger partial charge in [-0.3, -0.25) is 4.90 Å². The molecule has 1 heterocycles. The monoisotopic (exact) mass is 429 g/mol. The molecule has 0 saturated heterocycles. The maximum Gasteiger partial charge on any atom is 0.416 e. The van der Waals surface area contributed by atoms with Gasteiger partial charge in [-0.15, -0.1) is 0 Å². The molecule has 1 N–H and O–H groups in total. The standard InChI is InChI=1S/C22H24BrNO3/c1-22(2,3)27-21(26)24-19(16-9-11-18(23)12-10-16)13-17(14-20(24)25)15-7-5-4-6-8-15/h4-13,17,20,25H,14H2,1-3H3/t17-,20-/m0/s1. The van der Waals surface area contributed by atoms with E-state index in [9.17, 15) is 9.90 Å². The van der Waals surface area contributed by atoms with Gasteiger partial charge in [0.15, 0.2) is 0 Å². The molecular formula is C22H24BrNO3. The van der Waals surface area contributed by atoms with Gasteiger partial charge in [0.05, 0.1) is 5.70 Å². The van der Waals surface area contributed by atoms with Crippen molar-refractivity contribution in [1.82, 2.24) is 4.90 Å². The molecule has 0 radical (unpaired) electrons. The molecule has 0 fully saturated rings. The summed E-state index contributed by atoms with van der Waals surface area (Å²) >= 11 is 3.44. The van der Waals surface area contributed by atoms with Crippen molar-refractivity contribution in [2.24, 2.45) is 0 Å². The summed E-state index contributed by atoms with van der Waals surface area (Å²) < 4.78 is 6.49. The molecular weight excluding hydrogens is 406 g/mol. The lowest BCUT2D eigenvalue weighted by Gasteiger charge is -2.37. The first-order chi connectivity index (χ1) is 12.7. The largest absolute Gasteiger partial charge is 0.443 e. The van der Waals surface area contributed by atoms with Gasteiger partial charge in [0.1, 0.15) is 11.8 Å². The fourth-order valence-electron chi connectivity index (χ4n) is 3.15. The van der Waals surface area contributed by atoms with E-state index >= 15 is 0 Å². The number of nitrogens with zero attached hydrogens (tertiary/aromatic N) is 1. The highest BCUT2D eigenvalue weighted by molar-refractivity contribution is 9.10. The van der Waals surface area contributed by atoms with Gasteiger partial charge in [0.2, 0.25) is 0 Å². The van der Waals surface area contributed by atoms with E-state index < -0.39 is 17.9 Å². The first kappa shape index (κ1) is 19.6. The molecule has 0 unspecified atom stereocenters. The highest BCUT2D eigenvalue weighted by atomic mass is 79.9. The number of benzene rings is 2. The molecule has 0 spiro atoms. The van der Waals surface area contributed by atoms with Crippen molar-refractivity contribution in [2.45, 2.75) is 44.9 Å². The number of ether oxygens (including phenoxy) is 1. The van der Waals surface area contributed by atoms with Crippen LogP contribution in [0.2, 0.25) is 0 Å². The molecule has 5 heteroatoms. The summed E-state index contributed by atoms with van der Waals surface area (Å²) in [7, 11) is 0. The Balaban J connectivity index is 2.03. The number of hydrogen-bond donors (Lipinski definition) is 1. The predicted molar refractivity (Wildman–Crippen MR) is 110 cm³/mol. The van der Waals surface area contributed by atoms with Crippen LogP contribution in [0.25, 0.3) is 5.70 Å². The average Bonchev–Trinajstić information content (AvgIpc) is 2.61. The van der Waals surface area contributed by atoms with Gasteiger partial charge < -0.3 is 9.84 Å². The number of aliphatic hydroxyl groups is 1. The molecule has 0 saturated carbocycles. The van der Waals surface area contributed by atoms with Crippen molar-refractivity contribution in [2.75, 3.05) is 0 Å². The second-order valence-corrected chi connectivity index (χ2v) is 8.56. The van der Waals surface area contributed by atoms with Crippen LogP contribution < -0.4 is 0 Å². The van der Waals surface area contributed by atoms with Crippen LogP contribution in [0.3, 0.4) is 0 Å². The highest BCUT2D eigenvalue weighted by Crippen LogP contribution is 2.37. The van der Waals surface area contributed by atoms with E-state index in [0.717, 1.165) is 15.6 Å². The number of rotatable bonds is 2. The topological polar surface area (TPSA) is 49.8 Å². The zero-order chi connectivity index (χ0) is 19.6. The second kappa shape index (κ2) is 7.87. The number of halogens is 1. The van der Waals surface area contributed by atoms with Crippen LogP contribution in [0.1, 0.15) is 44.2 Å². The number of carbonyl (C=O) groups excluding carboxylic acids is 1. The Hall–Kier alpha value is -2.11. The van der Waals surface area contributed by atoms with Crippen molar-refractivity contribution in [3.05, 3.63) is 76.3 Å². The van der Waals surface area contributed by atoms with E-state index in [1.165, 1.54) is 4.90 Å². The van der Waals surface area contributed by atoms with Crippen molar-refractivity contribution >= 4 is 27.7 Å². The molecule has 2 aromatic carbocycles. The minimum atomic E-state index is -0.964. The van der Waals surface area contributed by atoms with E-state index in [4.69, 9.17) is 4.74 Å². The summed E-state index contributed by atoms with van der Waals surface area (Å²) in [4.78, 5) is 14.2. The van der Waals surface area contributed by atoms with E-state index in [2.05, 4.69) is 15.9 Å². The molecule has 27 heavy (non-hydrogen) atoms. The number of hydrogen-bond acceptors (Lipinski definition) is 3. The Kier molecular flexibility index (Phi) is 5.72. The third kappa shape index (κ3) is 4.79. The number of aliphatic hydroxyl groups excluding tert-OH is 1. The van der Waals surface area contributed by atoms with E-state index in [1.807, 2.05) is 81.4 Å². The molecule has 3 rings (SSSR count). The first-order valence-corrected chi connectivity index (χ1v) is 9.77. The van der Waals surface area contributed by atoms with Gasteiger partial charge >= 0.3 is 6.09 Å². The fourth-order valence-corrected chi connectivity index (χ4v) is 3.42. The van der Waals surface area contributed by atoms with Crippen LogP contribution in [0.5, 0.6) is 0 Å². The Labute approximate surface area is 168 Å². The molecule has 142 valence electrons. The minimum Gasteiger partial charge on any atom is -0.443 e. The molecule has 2 aromatic rings. The SMILES string of the molecule is CC(C)(C)OC(=O)N1C(c2ccc(Br)cc2)=C[C@H](c2ccccc2)C[C@@H]1O. The second-order valence-electron chi connectivity index (χ2n) is 7.64. The Morgan fingerprint density at radius 2 is 1.74 bits per heavy atom. The van der Waals surface area contributed by atoms with Gasteiger partial charge in [-0.2, -0.15) is 0 Å². The molecule has 1 amide bonds. The molecule has 0 bridgehead atoms. The third-order valence-electron chi connectivity index (χ3n) is 4.34. The molecule has 0 aliphatic carbocycles. The zero-order valence-corrected chi connectivity index (χ0v) is 17.3. The van der Waals surface area contributed by atoms with Crippen LogP contribution in [0, 0.1) is 0 Å². The quantitative estimate of drug-likeness (QED) is 0.682. The summed E-state index contributed by atoms with van der Waals surface area (Å²) in [5.41, 5.74) is 1.97. The Morgan fingerprint density at radius 1 is 1.11 bits per heavy atom. The first-order valence-electron chi connectivity index (χ1n) is 8.97. The van der Waals surface area contributed by atoms with Gasteiger partial charge in [-0.25, -0.2) is 4.79 Å². The predicted octanol–water partition coefficient (Wildman–Crippen LogP) is 5.53. The number of amides is 1. The van der Waals surface area contributed by atoms with E-state index in [1.54, 1.807) is 0 Å². The van der Waals surface area contributed by atoms with E-state index in [0.29, 0.717) is 12.1 Å². The van der Waals surface area contributed by atoms with Gasteiger partial charge in [0.25, 0.3) is 0 Å². The van der Waals surface area contributed by atoms with Crippen LogP contribution in [0.15, 0.2) is 65.1 Å². The van der Waals surface area contributed by atoms with Crippen LogP contribution in [-0.2, 0) is 4.74 Å². The van der Waals surface area contributed by atoms with E-state index in [-0.39, 0.29) is 5.92 Å². The molecule has 0 aromatic heterocycles. The lowest BCUT2D eigenvalue weighted by molar-refractivity contribution is -0.0134. The molecule has 4 nitrogen and oxygen atoms in total. The van der Waals surface area contributed by atoms with Crippen LogP contribution in [0.4, 0.5) is 4.79 Å². The van der Waals surface area contributed by atoms with Gasteiger partial charge in [-0.05, 0) is 44.0 Å². The lowest BCUT2D eigenvalue weighted by atomic mass is 9.89. The summed E-state index contributed by atoms with van der Waals surface area (Å²) in [6.45, 7) is 5.45. The van der Waals surface area contributed by atoms with Crippen molar-refractivity contribution in [1.29, 1.82) is 0 Å². The van der Waals surface area contributed by atoms with Crippen LogP contribution in [-0.4, -0.2) is 27.9 Å². The molecule has 2 atom stereocenters. The minimum absolute atomic E-state index is 0.0125. The summed E-state index contributed by atoms with van der Waals surface area (Å²) in [5, 5.41) is 10.8. The number of allylic oxidation sites excluding steroid dienone is 1. The van der Waals surface area contributed by atoms with Crippen molar-refractivity contribution < 1.29 is 14.6 Å². The van der Waals surface area contributed by atoms with Gasteiger partial charge in [0, 0.05) is 16.8 Å². The average molecular weight is 430 g/mol. The molecule has 1 aliphatic rings. The summed E-state index contributed by atoms with van der Waals surface area (Å²) in [6.07, 6.45) is 0.947.